The van der Waals surface area contributed by atoms with Gasteiger partial charge in [0.2, 0.25) is 0 Å². The Morgan fingerprint density at radius 2 is 2.11 bits per heavy atom. The van der Waals surface area contributed by atoms with Crippen LogP contribution in [0.4, 0.5) is 0 Å². The fourth-order valence-corrected chi connectivity index (χ4v) is 3.48. The predicted octanol–water partition coefficient (Wildman–Crippen LogP) is 3.30. The van der Waals surface area contributed by atoms with E-state index >= 15 is 0 Å². The Morgan fingerprint density at radius 3 is 2.79 bits per heavy atom. The molecular weight excluding hydrogens is 238 g/mol. The van der Waals surface area contributed by atoms with E-state index in [9.17, 15) is 9.90 Å². The first kappa shape index (κ1) is 12.3. The molecule has 3 rings (SSSR count). The summed E-state index contributed by atoms with van der Waals surface area (Å²) in [4.78, 5) is 11.5. The Morgan fingerprint density at radius 1 is 1.37 bits per heavy atom. The van der Waals surface area contributed by atoms with Gasteiger partial charge in [0.1, 0.15) is 0 Å². The Labute approximate surface area is 112 Å². The van der Waals surface area contributed by atoms with Crippen molar-refractivity contribution in [2.75, 3.05) is 0 Å². The molecule has 1 aliphatic rings. The van der Waals surface area contributed by atoms with E-state index in [1.807, 2.05) is 0 Å². The van der Waals surface area contributed by atoms with Crippen LogP contribution in [0, 0.1) is 13.8 Å². The molecule has 3 nitrogen and oxygen atoms in total. The Kier molecular flexibility index (Phi) is 2.66. The van der Waals surface area contributed by atoms with Crippen molar-refractivity contribution in [2.24, 2.45) is 7.05 Å². The molecule has 0 amide bonds. The van der Waals surface area contributed by atoms with Crippen molar-refractivity contribution >= 4 is 16.9 Å². The lowest BCUT2D eigenvalue weighted by Crippen LogP contribution is -2.18. The average Bonchev–Trinajstić information content (AvgIpc) is 2.68. The third-order valence-corrected chi connectivity index (χ3v) is 4.60. The molecule has 0 bridgehead atoms. The molecule has 0 saturated heterocycles. The van der Waals surface area contributed by atoms with E-state index in [0.29, 0.717) is 0 Å². The number of carboxylic acid groups (broad SMARTS) is 1. The van der Waals surface area contributed by atoms with Crippen LogP contribution in [0.5, 0.6) is 0 Å². The smallest absolute Gasteiger partial charge is 0.311 e. The summed E-state index contributed by atoms with van der Waals surface area (Å²) in [5, 5.41) is 10.6. The first-order valence-corrected chi connectivity index (χ1v) is 6.82. The van der Waals surface area contributed by atoms with Gasteiger partial charge in [-0.2, -0.15) is 0 Å². The largest absolute Gasteiger partial charge is 0.481 e. The van der Waals surface area contributed by atoms with E-state index in [4.69, 9.17) is 0 Å². The highest BCUT2D eigenvalue weighted by Gasteiger charge is 2.31. The SMILES string of the molecule is Cc1ccc2c3c(n(C)c2c1C)CCCC3C(=O)O. The lowest BCUT2D eigenvalue weighted by molar-refractivity contribution is -0.139. The van der Waals surface area contributed by atoms with Crippen LogP contribution in [0.25, 0.3) is 10.9 Å². The van der Waals surface area contributed by atoms with Gasteiger partial charge in [-0.25, -0.2) is 0 Å². The normalized spacial score (nSPS) is 18.6. The van der Waals surface area contributed by atoms with Gasteiger partial charge in [-0.05, 0) is 49.8 Å². The number of aliphatic carboxylic acids is 1. The number of fused-ring (bicyclic) bond motifs is 3. The predicted molar refractivity (Wildman–Crippen MR) is 75.7 cm³/mol. The van der Waals surface area contributed by atoms with Crippen LogP contribution in [0.1, 0.15) is 41.1 Å². The molecule has 100 valence electrons. The fourth-order valence-electron chi connectivity index (χ4n) is 3.48. The monoisotopic (exact) mass is 257 g/mol. The van der Waals surface area contributed by atoms with E-state index < -0.39 is 5.97 Å². The molecule has 2 aromatic rings. The molecular formula is C16H19NO2. The van der Waals surface area contributed by atoms with E-state index in [0.717, 1.165) is 30.2 Å². The molecule has 0 aliphatic heterocycles. The molecule has 1 unspecified atom stereocenters. The van der Waals surface area contributed by atoms with Gasteiger partial charge in [0.15, 0.2) is 0 Å². The number of aromatic nitrogens is 1. The number of hydrogen-bond donors (Lipinski definition) is 1. The first-order chi connectivity index (χ1) is 9.02. The maximum absolute atomic E-state index is 11.5. The zero-order chi connectivity index (χ0) is 13.7. The van der Waals surface area contributed by atoms with E-state index in [1.165, 1.54) is 22.3 Å². The zero-order valence-corrected chi connectivity index (χ0v) is 11.7. The molecule has 0 radical (unpaired) electrons. The van der Waals surface area contributed by atoms with Crippen LogP contribution in [0.15, 0.2) is 12.1 Å². The highest BCUT2D eigenvalue weighted by molar-refractivity contribution is 5.93. The van der Waals surface area contributed by atoms with Crippen molar-refractivity contribution in [3.8, 4) is 0 Å². The van der Waals surface area contributed by atoms with Crippen molar-refractivity contribution in [3.63, 3.8) is 0 Å². The number of rotatable bonds is 1. The number of hydrogen-bond acceptors (Lipinski definition) is 1. The standard InChI is InChI=1S/C16H19NO2/c1-9-7-8-11-14-12(16(18)19)5-4-6-13(14)17(3)15(11)10(9)2/h7-8,12H,4-6H2,1-3H3,(H,18,19). The molecule has 1 aromatic heterocycles. The van der Waals surface area contributed by atoms with Crippen LogP contribution >= 0.6 is 0 Å². The van der Waals surface area contributed by atoms with Crippen molar-refractivity contribution < 1.29 is 9.90 Å². The number of carbonyl (C=O) groups is 1. The lowest BCUT2D eigenvalue weighted by atomic mass is 9.85. The summed E-state index contributed by atoms with van der Waals surface area (Å²) >= 11 is 0. The summed E-state index contributed by atoms with van der Waals surface area (Å²) in [6.45, 7) is 4.23. The van der Waals surface area contributed by atoms with Crippen molar-refractivity contribution in [3.05, 3.63) is 34.5 Å². The minimum atomic E-state index is -0.688. The molecule has 0 fully saturated rings. The van der Waals surface area contributed by atoms with Gasteiger partial charge in [0.25, 0.3) is 0 Å². The second kappa shape index (κ2) is 4.12. The van der Waals surface area contributed by atoms with E-state index in [-0.39, 0.29) is 5.92 Å². The molecule has 19 heavy (non-hydrogen) atoms. The number of benzene rings is 1. The third-order valence-electron chi connectivity index (χ3n) is 4.60. The topological polar surface area (TPSA) is 42.2 Å². The average molecular weight is 257 g/mol. The van der Waals surface area contributed by atoms with Gasteiger partial charge >= 0.3 is 5.97 Å². The minimum absolute atomic E-state index is 0.338. The van der Waals surface area contributed by atoms with Crippen molar-refractivity contribution in [1.82, 2.24) is 4.57 Å². The highest BCUT2D eigenvalue weighted by atomic mass is 16.4. The van der Waals surface area contributed by atoms with Gasteiger partial charge in [0, 0.05) is 18.1 Å². The first-order valence-electron chi connectivity index (χ1n) is 6.82. The van der Waals surface area contributed by atoms with Gasteiger partial charge < -0.3 is 9.67 Å². The Hall–Kier alpha value is -1.77. The molecule has 0 spiro atoms. The van der Waals surface area contributed by atoms with Crippen molar-refractivity contribution in [2.45, 2.75) is 39.0 Å². The second-order valence-corrected chi connectivity index (χ2v) is 5.61. The molecule has 1 aromatic carbocycles. The maximum atomic E-state index is 11.5. The molecule has 1 atom stereocenters. The van der Waals surface area contributed by atoms with Gasteiger partial charge in [-0.15, -0.1) is 0 Å². The third kappa shape index (κ3) is 1.61. The lowest BCUT2D eigenvalue weighted by Gasteiger charge is -2.20. The van der Waals surface area contributed by atoms with Crippen LogP contribution in [-0.4, -0.2) is 15.6 Å². The van der Waals surface area contributed by atoms with Gasteiger partial charge in [0.05, 0.1) is 11.4 Å². The zero-order valence-electron chi connectivity index (χ0n) is 11.7. The van der Waals surface area contributed by atoms with E-state index in [2.05, 4.69) is 37.6 Å². The summed E-state index contributed by atoms with van der Waals surface area (Å²) in [5.41, 5.74) is 6.00. The van der Waals surface area contributed by atoms with Crippen LogP contribution in [-0.2, 0) is 18.3 Å². The Bertz CT molecular complexity index is 682. The molecule has 1 aliphatic carbocycles. The van der Waals surface area contributed by atoms with Crippen LogP contribution in [0.3, 0.4) is 0 Å². The molecule has 3 heteroatoms. The maximum Gasteiger partial charge on any atom is 0.311 e. The quantitative estimate of drug-likeness (QED) is 0.851. The van der Waals surface area contributed by atoms with Crippen LogP contribution in [0.2, 0.25) is 0 Å². The summed E-state index contributed by atoms with van der Waals surface area (Å²) in [7, 11) is 2.07. The number of aryl methyl sites for hydroxylation is 3. The van der Waals surface area contributed by atoms with Gasteiger partial charge in [-0.1, -0.05) is 12.1 Å². The second-order valence-electron chi connectivity index (χ2n) is 5.61. The van der Waals surface area contributed by atoms with Crippen molar-refractivity contribution in [1.29, 1.82) is 0 Å². The molecule has 0 saturated carbocycles. The summed E-state index contributed by atoms with van der Waals surface area (Å²) in [6, 6.07) is 4.20. The Balaban J connectivity index is 2.40. The molecule has 1 heterocycles. The summed E-state index contributed by atoms with van der Waals surface area (Å²) in [6.07, 6.45) is 2.71. The van der Waals surface area contributed by atoms with E-state index in [1.54, 1.807) is 0 Å². The number of nitrogens with zero attached hydrogens (tertiary/aromatic N) is 1. The minimum Gasteiger partial charge on any atom is -0.481 e. The fraction of sp³-hybridized carbons (Fsp3) is 0.438. The van der Waals surface area contributed by atoms with Crippen LogP contribution < -0.4 is 0 Å². The summed E-state index contributed by atoms with van der Waals surface area (Å²) < 4.78 is 2.21. The highest BCUT2D eigenvalue weighted by Crippen LogP contribution is 2.40. The number of carboxylic acids is 1. The molecule has 1 N–H and O–H groups in total. The van der Waals surface area contributed by atoms with Gasteiger partial charge in [-0.3, -0.25) is 4.79 Å². The summed E-state index contributed by atoms with van der Waals surface area (Å²) in [5.74, 6) is -1.03.